The van der Waals surface area contributed by atoms with Crippen LogP contribution in [0.1, 0.15) is 23.2 Å². The zero-order chi connectivity index (χ0) is 18.1. The van der Waals surface area contributed by atoms with E-state index in [1.54, 1.807) is 14.2 Å². The molecule has 140 valence electrons. The number of fused-ring (bicyclic) bond motifs is 2. The fourth-order valence-electron chi connectivity index (χ4n) is 4.80. The number of benzene rings is 1. The maximum Gasteiger partial charge on any atom is 0.257 e. The van der Waals surface area contributed by atoms with Gasteiger partial charge in [0.25, 0.3) is 5.91 Å². The van der Waals surface area contributed by atoms with Gasteiger partial charge in [0, 0.05) is 32.7 Å². The van der Waals surface area contributed by atoms with Crippen molar-refractivity contribution in [1.82, 2.24) is 9.80 Å². The van der Waals surface area contributed by atoms with Crippen molar-refractivity contribution in [1.29, 1.82) is 0 Å². The highest BCUT2D eigenvalue weighted by atomic mass is 16.5. The number of methoxy groups -OCH3 is 2. The second kappa shape index (κ2) is 7.31. The van der Waals surface area contributed by atoms with Crippen molar-refractivity contribution in [3.8, 4) is 11.5 Å². The third-order valence-corrected chi connectivity index (χ3v) is 6.20. The van der Waals surface area contributed by atoms with E-state index in [2.05, 4.69) is 17.1 Å². The van der Waals surface area contributed by atoms with Crippen LogP contribution >= 0.6 is 0 Å². The summed E-state index contributed by atoms with van der Waals surface area (Å²) in [7, 11) is 3.17. The molecule has 1 aromatic carbocycles. The summed E-state index contributed by atoms with van der Waals surface area (Å²) in [5.74, 6) is 3.58. The van der Waals surface area contributed by atoms with Gasteiger partial charge in [0.2, 0.25) is 0 Å². The Labute approximate surface area is 155 Å². The number of piperazine rings is 1. The van der Waals surface area contributed by atoms with Crippen LogP contribution in [0.2, 0.25) is 0 Å². The third kappa shape index (κ3) is 3.20. The standard InChI is InChI=1S/C21H28N2O3/c1-25-19-5-3-4-18(20(19)26-2)21(24)23-10-8-22(9-11-23)14-17-13-15-6-7-16(17)12-15/h3-7,15-17H,8-14H2,1-2H3/t15-,16+,17-/m0/s1. The van der Waals surface area contributed by atoms with E-state index in [0.29, 0.717) is 17.1 Å². The first-order valence-electron chi connectivity index (χ1n) is 9.60. The first kappa shape index (κ1) is 17.4. The Kier molecular flexibility index (Phi) is 4.90. The molecule has 5 nitrogen and oxygen atoms in total. The van der Waals surface area contributed by atoms with E-state index in [-0.39, 0.29) is 5.91 Å². The van der Waals surface area contributed by atoms with Gasteiger partial charge in [-0.15, -0.1) is 0 Å². The highest BCUT2D eigenvalue weighted by Gasteiger charge is 2.37. The van der Waals surface area contributed by atoms with Crippen molar-refractivity contribution in [3.63, 3.8) is 0 Å². The highest BCUT2D eigenvalue weighted by Crippen LogP contribution is 2.43. The molecule has 0 aromatic heterocycles. The predicted octanol–water partition coefficient (Wildman–Crippen LogP) is 2.67. The summed E-state index contributed by atoms with van der Waals surface area (Å²) in [6.45, 7) is 4.63. The number of carbonyl (C=O) groups is 1. The fourth-order valence-corrected chi connectivity index (χ4v) is 4.80. The summed E-state index contributed by atoms with van der Waals surface area (Å²) in [5, 5.41) is 0. The van der Waals surface area contributed by atoms with Gasteiger partial charge < -0.3 is 14.4 Å². The second-order valence-corrected chi connectivity index (χ2v) is 7.67. The Hall–Kier alpha value is -2.01. The van der Waals surface area contributed by atoms with Crippen LogP contribution in [-0.2, 0) is 0 Å². The van der Waals surface area contributed by atoms with Gasteiger partial charge in [0.15, 0.2) is 11.5 Å². The van der Waals surface area contributed by atoms with Gasteiger partial charge >= 0.3 is 0 Å². The minimum Gasteiger partial charge on any atom is -0.493 e. The first-order chi connectivity index (χ1) is 12.7. The van der Waals surface area contributed by atoms with Crippen LogP contribution in [0.3, 0.4) is 0 Å². The fraction of sp³-hybridized carbons (Fsp3) is 0.571. The van der Waals surface area contributed by atoms with Gasteiger partial charge in [0.05, 0.1) is 19.8 Å². The van der Waals surface area contributed by atoms with Crippen LogP contribution in [0.15, 0.2) is 30.4 Å². The molecule has 1 heterocycles. The lowest BCUT2D eigenvalue weighted by Gasteiger charge is -2.37. The molecule has 1 aromatic rings. The molecule has 0 unspecified atom stereocenters. The number of amides is 1. The van der Waals surface area contributed by atoms with Crippen LogP contribution in [0.25, 0.3) is 0 Å². The number of allylic oxidation sites excluding steroid dienone is 2. The van der Waals surface area contributed by atoms with Gasteiger partial charge in [-0.2, -0.15) is 0 Å². The summed E-state index contributed by atoms with van der Waals surface area (Å²) >= 11 is 0. The predicted molar refractivity (Wildman–Crippen MR) is 101 cm³/mol. The van der Waals surface area contributed by atoms with Crippen molar-refractivity contribution in [2.24, 2.45) is 17.8 Å². The van der Waals surface area contributed by atoms with E-state index < -0.39 is 0 Å². The normalized spacial score (nSPS) is 27.8. The van der Waals surface area contributed by atoms with Crippen LogP contribution in [0, 0.1) is 17.8 Å². The maximum absolute atomic E-state index is 13.0. The summed E-state index contributed by atoms with van der Waals surface area (Å²) in [4.78, 5) is 17.4. The van der Waals surface area contributed by atoms with Crippen LogP contribution in [0.5, 0.6) is 11.5 Å². The Bertz CT molecular complexity index is 694. The summed E-state index contributed by atoms with van der Waals surface area (Å²) in [6, 6.07) is 5.47. The number of carbonyl (C=O) groups excluding carboxylic acids is 1. The van der Waals surface area contributed by atoms with E-state index in [0.717, 1.165) is 43.9 Å². The topological polar surface area (TPSA) is 42.0 Å². The number of hydrogen-bond acceptors (Lipinski definition) is 4. The molecular weight excluding hydrogens is 328 g/mol. The summed E-state index contributed by atoms with van der Waals surface area (Å²) < 4.78 is 10.7. The number of ether oxygens (including phenoxy) is 2. The molecule has 2 bridgehead atoms. The molecule has 1 saturated carbocycles. The van der Waals surface area contributed by atoms with Crippen molar-refractivity contribution < 1.29 is 14.3 Å². The number of para-hydroxylation sites is 1. The minimum atomic E-state index is 0.0308. The zero-order valence-electron chi connectivity index (χ0n) is 15.7. The van der Waals surface area contributed by atoms with E-state index in [1.165, 1.54) is 19.4 Å². The van der Waals surface area contributed by atoms with Gasteiger partial charge in [-0.3, -0.25) is 9.69 Å². The van der Waals surface area contributed by atoms with Crippen molar-refractivity contribution >= 4 is 5.91 Å². The number of hydrogen-bond donors (Lipinski definition) is 0. The second-order valence-electron chi connectivity index (χ2n) is 7.67. The van der Waals surface area contributed by atoms with Crippen molar-refractivity contribution in [2.75, 3.05) is 46.9 Å². The number of nitrogens with zero attached hydrogens (tertiary/aromatic N) is 2. The van der Waals surface area contributed by atoms with Crippen LogP contribution in [0.4, 0.5) is 0 Å². The lowest BCUT2D eigenvalue weighted by Crippen LogP contribution is -2.50. The minimum absolute atomic E-state index is 0.0308. The molecule has 0 N–H and O–H groups in total. The van der Waals surface area contributed by atoms with Crippen molar-refractivity contribution in [2.45, 2.75) is 12.8 Å². The van der Waals surface area contributed by atoms with Crippen molar-refractivity contribution in [3.05, 3.63) is 35.9 Å². The van der Waals surface area contributed by atoms with E-state index >= 15 is 0 Å². The van der Waals surface area contributed by atoms with Gasteiger partial charge in [-0.1, -0.05) is 18.2 Å². The molecule has 3 aliphatic rings. The summed E-state index contributed by atoms with van der Waals surface area (Å²) in [5.41, 5.74) is 0.582. The molecular formula is C21H28N2O3. The molecule has 0 radical (unpaired) electrons. The highest BCUT2D eigenvalue weighted by molar-refractivity contribution is 5.97. The largest absolute Gasteiger partial charge is 0.493 e. The number of rotatable bonds is 5. The van der Waals surface area contributed by atoms with Crippen LogP contribution in [-0.4, -0.2) is 62.7 Å². The van der Waals surface area contributed by atoms with Gasteiger partial charge in [-0.05, 0) is 42.7 Å². The summed E-state index contributed by atoms with van der Waals surface area (Å²) in [6.07, 6.45) is 7.53. The van der Waals surface area contributed by atoms with Crippen LogP contribution < -0.4 is 9.47 Å². The molecule has 3 atom stereocenters. The van der Waals surface area contributed by atoms with E-state index in [9.17, 15) is 4.79 Å². The Balaban J connectivity index is 1.36. The first-order valence-corrected chi connectivity index (χ1v) is 9.60. The molecule has 26 heavy (non-hydrogen) atoms. The average Bonchev–Trinajstić information content (AvgIpc) is 3.30. The lowest BCUT2D eigenvalue weighted by molar-refractivity contribution is 0.0606. The lowest BCUT2D eigenvalue weighted by atomic mass is 9.93. The molecule has 1 amide bonds. The molecule has 2 fully saturated rings. The molecule has 4 rings (SSSR count). The molecule has 2 aliphatic carbocycles. The maximum atomic E-state index is 13.0. The quantitative estimate of drug-likeness (QED) is 0.761. The molecule has 1 saturated heterocycles. The third-order valence-electron chi connectivity index (χ3n) is 6.20. The Morgan fingerprint density at radius 1 is 1.08 bits per heavy atom. The van der Waals surface area contributed by atoms with E-state index in [1.807, 2.05) is 23.1 Å². The molecule has 5 heteroatoms. The smallest absolute Gasteiger partial charge is 0.257 e. The SMILES string of the molecule is COc1cccc(C(=O)N2CCN(C[C@@H]3C[C@H]4C=C[C@@H]3C4)CC2)c1OC. The average molecular weight is 356 g/mol. The Morgan fingerprint density at radius 3 is 2.50 bits per heavy atom. The molecule has 0 spiro atoms. The monoisotopic (exact) mass is 356 g/mol. The van der Waals surface area contributed by atoms with E-state index in [4.69, 9.17) is 9.47 Å². The molecule has 1 aliphatic heterocycles. The Morgan fingerprint density at radius 2 is 1.88 bits per heavy atom. The van der Waals surface area contributed by atoms with Gasteiger partial charge in [-0.25, -0.2) is 0 Å². The van der Waals surface area contributed by atoms with Gasteiger partial charge in [0.1, 0.15) is 0 Å². The zero-order valence-corrected chi connectivity index (χ0v) is 15.7.